The van der Waals surface area contributed by atoms with Crippen LogP contribution in [0.1, 0.15) is 5.56 Å². The molecule has 0 fully saturated rings. The molecule has 0 bridgehead atoms. The van der Waals surface area contributed by atoms with Gasteiger partial charge in [0.05, 0.1) is 13.2 Å². The molecule has 1 aromatic heterocycles. The fourth-order valence-corrected chi connectivity index (χ4v) is 3.19. The minimum atomic E-state index is -3.98. The molecule has 0 amide bonds. The summed E-state index contributed by atoms with van der Waals surface area (Å²) < 4.78 is 30.6. The molecule has 0 spiro atoms. The van der Waals surface area contributed by atoms with E-state index in [0.29, 0.717) is 12.4 Å². The van der Waals surface area contributed by atoms with E-state index >= 15 is 0 Å². The van der Waals surface area contributed by atoms with Crippen molar-refractivity contribution >= 4 is 35.7 Å². The lowest BCUT2D eigenvalue weighted by Gasteiger charge is -2.11. The second kappa shape index (κ2) is 6.43. The van der Waals surface area contributed by atoms with E-state index < -0.39 is 9.05 Å². The number of hydrogen-bond acceptors (Lipinski definition) is 5. The van der Waals surface area contributed by atoms with Crippen molar-refractivity contribution in [2.24, 2.45) is 0 Å². The molecule has 6 nitrogen and oxygen atoms in total. The molecule has 114 valence electrons. The van der Waals surface area contributed by atoms with Crippen molar-refractivity contribution in [3.63, 3.8) is 0 Å². The molecule has 9 heteroatoms. The lowest BCUT2D eigenvalue weighted by Crippen LogP contribution is -2.11. The standard InChI is InChI=1S/C12H13BrClN3O3S/c1-8-9(4-3-5-10(8)13)11-15-16-12(21(14,18)19)17(11)6-7-20-2/h3-5H,6-7H2,1-2H3. The molecule has 0 aliphatic rings. The Morgan fingerprint density at radius 1 is 1.38 bits per heavy atom. The first-order valence-electron chi connectivity index (χ1n) is 5.98. The van der Waals surface area contributed by atoms with Gasteiger partial charge >= 0.3 is 0 Å². The molecule has 0 aliphatic carbocycles. The fraction of sp³-hybridized carbons (Fsp3) is 0.333. The Kier molecular flexibility index (Phi) is 5.03. The van der Waals surface area contributed by atoms with Gasteiger partial charge in [0.1, 0.15) is 0 Å². The largest absolute Gasteiger partial charge is 0.383 e. The third-order valence-electron chi connectivity index (χ3n) is 2.96. The number of halogens is 2. The average molecular weight is 395 g/mol. The van der Waals surface area contributed by atoms with Gasteiger partial charge in [-0.3, -0.25) is 4.57 Å². The predicted molar refractivity (Wildman–Crippen MR) is 82.8 cm³/mol. The zero-order chi connectivity index (χ0) is 15.6. The van der Waals surface area contributed by atoms with Gasteiger partial charge in [0.15, 0.2) is 5.82 Å². The monoisotopic (exact) mass is 393 g/mol. The molecule has 0 saturated carbocycles. The maximum atomic E-state index is 11.6. The molecule has 0 unspecified atom stereocenters. The molecule has 2 rings (SSSR count). The minimum Gasteiger partial charge on any atom is -0.383 e. The van der Waals surface area contributed by atoms with Crippen molar-refractivity contribution in [3.8, 4) is 11.4 Å². The molecular weight excluding hydrogens is 382 g/mol. The van der Waals surface area contributed by atoms with E-state index in [2.05, 4.69) is 26.1 Å². The van der Waals surface area contributed by atoms with Crippen LogP contribution in [0.15, 0.2) is 27.8 Å². The molecule has 21 heavy (non-hydrogen) atoms. The lowest BCUT2D eigenvalue weighted by molar-refractivity contribution is 0.185. The Bertz CT molecular complexity index is 761. The Hall–Kier alpha value is -0.960. The molecule has 0 radical (unpaired) electrons. The first kappa shape index (κ1) is 16.4. The highest BCUT2D eigenvalue weighted by Crippen LogP contribution is 2.29. The van der Waals surface area contributed by atoms with E-state index in [1.165, 1.54) is 11.7 Å². The maximum absolute atomic E-state index is 11.6. The van der Waals surface area contributed by atoms with E-state index in [4.69, 9.17) is 15.4 Å². The number of aromatic nitrogens is 3. The molecule has 0 N–H and O–H groups in total. The van der Waals surface area contributed by atoms with Crippen molar-refractivity contribution in [1.29, 1.82) is 0 Å². The summed E-state index contributed by atoms with van der Waals surface area (Å²) in [5, 5.41) is 7.41. The number of benzene rings is 1. The Morgan fingerprint density at radius 2 is 2.10 bits per heavy atom. The van der Waals surface area contributed by atoms with Crippen LogP contribution in [0, 0.1) is 6.92 Å². The first-order valence-corrected chi connectivity index (χ1v) is 9.08. The fourth-order valence-electron chi connectivity index (χ4n) is 1.90. The van der Waals surface area contributed by atoms with Gasteiger partial charge in [0, 0.05) is 27.8 Å². The summed E-state index contributed by atoms with van der Waals surface area (Å²) in [6.45, 7) is 2.51. The van der Waals surface area contributed by atoms with Crippen LogP contribution < -0.4 is 0 Å². The summed E-state index contributed by atoms with van der Waals surface area (Å²) in [7, 11) is 2.96. The van der Waals surface area contributed by atoms with Crippen molar-refractivity contribution in [3.05, 3.63) is 28.2 Å². The highest BCUT2D eigenvalue weighted by molar-refractivity contribution is 9.10. The van der Waals surface area contributed by atoms with Crippen LogP contribution in [0.3, 0.4) is 0 Å². The summed E-state index contributed by atoms with van der Waals surface area (Å²) >= 11 is 3.44. The smallest absolute Gasteiger partial charge is 0.296 e. The Balaban J connectivity index is 2.64. The summed E-state index contributed by atoms with van der Waals surface area (Å²) in [5.74, 6) is 0.435. The maximum Gasteiger partial charge on any atom is 0.296 e. The van der Waals surface area contributed by atoms with Gasteiger partial charge in [0.2, 0.25) is 0 Å². The van der Waals surface area contributed by atoms with Crippen LogP contribution in [0.2, 0.25) is 0 Å². The quantitative estimate of drug-likeness (QED) is 0.729. The SMILES string of the molecule is COCCn1c(-c2cccc(Br)c2C)nnc1S(=O)(=O)Cl. The highest BCUT2D eigenvalue weighted by Gasteiger charge is 2.24. The van der Waals surface area contributed by atoms with E-state index in [1.807, 2.05) is 25.1 Å². The van der Waals surface area contributed by atoms with E-state index in [1.54, 1.807) is 0 Å². The first-order chi connectivity index (χ1) is 9.86. The summed E-state index contributed by atoms with van der Waals surface area (Å²) in [6, 6.07) is 5.59. The Labute approximate surface area is 135 Å². The van der Waals surface area contributed by atoms with Crippen molar-refractivity contribution in [2.75, 3.05) is 13.7 Å². The van der Waals surface area contributed by atoms with Crippen molar-refractivity contribution < 1.29 is 13.2 Å². The molecule has 0 saturated heterocycles. The van der Waals surface area contributed by atoms with Gasteiger partial charge in [0.25, 0.3) is 14.2 Å². The minimum absolute atomic E-state index is 0.282. The zero-order valence-electron chi connectivity index (χ0n) is 11.4. The van der Waals surface area contributed by atoms with Crippen LogP contribution in [0.25, 0.3) is 11.4 Å². The summed E-state index contributed by atoms with van der Waals surface area (Å²) in [5.41, 5.74) is 1.71. The summed E-state index contributed by atoms with van der Waals surface area (Å²) in [4.78, 5) is 0. The van der Waals surface area contributed by atoms with Gasteiger partial charge < -0.3 is 4.74 Å². The number of nitrogens with zero attached hydrogens (tertiary/aromatic N) is 3. The van der Waals surface area contributed by atoms with Crippen LogP contribution in [0.5, 0.6) is 0 Å². The van der Waals surface area contributed by atoms with Gasteiger partial charge in [-0.25, -0.2) is 8.42 Å². The van der Waals surface area contributed by atoms with E-state index in [9.17, 15) is 8.42 Å². The van der Waals surface area contributed by atoms with Crippen LogP contribution >= 0.6 is 26.6 Å². The third-order valence-corrected chi connectivity index (χ3v) is 4.97. The van der Waals surface area contributed by atoms with E-state index in [0.717, 1.165) is 15.6 Å². The van der Waals surface area contributed by atoms with Crippen LogP contribution in [-0.4, -0.2) is 36.9 Å². The second-order valence-corrected chi connectivity index (χ2v) is 7.61. The molecule has 2 aromatic rings. The second-order valence-electron chi connectivity index (χ2n) is 4.30. The lowest BCUT2D eigenvalue weighted by atomic mass is 10.1. The Morgan fingerprint density at radius 3 is 2.71 bits per heavy atom. The molecule has 0 aliphatic heterocycles. The highest BCUT2D eigenvalue weighted by atomic mass is 79.9. The zero-order valence-corrected chi connectivity index (χ0v) is 14.5. The normalized spacial score (nSPS) is 11.8. The van der Waals surface area contributed by atoms with E-state index in [-0.39, 0.29) is 11.7 Å². The number of rotatable bonds is 5. The van der Waals surface area contributed by atoms with Crippen LogP contribution in [0.4, 0.5) is 0 Å². The summed E-state index contributed by atoms with van der Waals surface area (Å²) in [6.07, 6.45) is 0. The van der Waals surface area contributed by atoms with Crippen molar-refractivity contribution in [1.82, 2.24) is 14.8 Å². The third kappa shape index (κ3) is 3.45. The van der Waals surface area contributed by atoms with Gasteiger partial charge in [-0.1, -0.05) is 28.1 Å². The average Bonchev–Trinajstić information content (AvgIpc) is 2.83. The van der Waals surface area contributed by atoms with Gasteiger partial charge in [-0.05, 0) is 18.6 Å². The molecule has 0 atom stereocenters. The van der Waals surface area contributed by atoms with Crippen LogP contribution in [-0.2, 0) is 20.3 Å². The number of methoxy groups -OCH3 is 1. The molecular formula is C12H13BrClN3O3S. The number of hydrogen-bond donors (Lipinski definition) is 0. The molecule has 1 heterocycles. The van der Waals surface area contributed by atoms with Gasteiger partial charge in [-0.15, -0.1) is 10.2 Å². The van der Waals surface area contributed by atoms with Crippen molar-refractivity contribution in [2.45, 2.75) is 18.6 Å². The molecule has 1 aromatic carbocycles. The van der Waals surface area contributed by atoms with Gasteiger partial charge in [-0.2, -0.15) is 0 Å². The number of ether oxygens (including phenoxy) is 1. The predicted octanol–water partition coefficient (Wildman–Crippen LogP) is 2.59. The topological polar surface area (TPSA) is 74.1 Å².